The second-order valence-corrected chi connectivity index (χ2v) is 25.1. The van der Waals surface area contributed by atoms with Gasteiger partial charge in [-0.05, 0) is 172 Å². The number of rotatable bonds is 6. The number of pyridine rings is 4. The molecule has 8 heterocycles. The van der Waals surface area contributed by atoms with Crippen LogP contribution in [-0.2, 0) is 9.31 Å². The summed E-state index contributed by atoms with van der Waals surface area (Å²) in [5.41, 5.74) is 34.2. The number of hydrogen-bond acceptors (Lipinski definition) is 18. The van der Waals surface area contributed by atoms with Gasteiger partial charge in [-0.1, -0.05) is 131 Å². The molecule has 7 aromatic carbocycles. The summed E-state index contributed by atoms with van der Waals surface area (Å²) in [7, 11) is -0.315. The predicted molar refractivity (Wildman–Crippen MR) is 384 cm³/mol. The van der Waals surface area contributed by atoms with Crippen LogP contribution in [0.3, 0.4) is 0 Å². The Hall–Kier alpha value is -10.4. The highest BCUT2D eigenvalue weighted by atomic mass is 79.9. The van der Waals surface area contributed by atoms with E-state index in [1.54, 1.807) is 0 Å². The first-order valence-electron chi connectivity index (χ1n) is 30.0. The maximum absolute atomic E-state index is 6.09. The van der Waals surface area contributed by atoms with Crippen molar-refractivity contribution >= 4 is 106 Å². The topological polar surface area (TPSA) is 264 Å². The Morgan fingerprint density at radius 2 is 0.681 bits per heavy atom. The van der Waals surface area contributed by atoms with E-state index in [-0.39, 0.29) is 36.2 Å². The van der Waals surface area contributed by atoms with E-state index in [1.807, 2.05) is 192 Å². The van der Waals surface area contributed by atoms with Gasteiger partial charge >= 0.3 is 7.12 Å². The minimum absolute atomic E-state index is 0.163. The van der Waals surface area contributed by atoms with Crippen molar-refractivity contribution in [2.24, 2.45) is 0 Å². The molecular formula is C73H65BBr2N16O2. The van der Waals surface area contributed by atoms with Crippen LogP contribution in [-0.4, -0.2) is 83.8 Å². The monoisotopic (exact) mass is 1370 g/mol. The van der Waals surface area contributed by atoms with E-state index >= 15 is 0 Å². The molecule has 0 radical (unpaired) electrons. The largest absolute Gasteiger partial charge is 0.494 e. The summed E-state index contributed by atoms with van der Waals surface area (Å²) in [5, 5.41) is 28.4. The number of fused-ring (bicyclic) bond motifs is 4. The zero-order chi connectivity index (χ0) is 66.1. The third-order valence-electron chi connectivity index (χ3n) is 15.5. The van der Waals surface area contributed by atoms with Gasteiger partial charge in [0.05, 0.1) is 33.3 Å². The van der Waals surface area contributed by atoms with E-state index in [0.29, 0.717) is 21.7 Å². The van der Waals surface area contributed by atoms with Gasteiger partial charge in [0.25, 0.3) is 0 Å². The standard InChI is InChI=1S/2C19H15N5.C16H20BNO2.C10H8BrN.C9H7BrN4/c2*1-12-9-15-10-14(7-8-16(15)21-11-12)18-17(22-19(20)24-23-18)13-5-3-2-4-6-13;1-11-8-12-9-13(6-7-14(12)18-10-11)17-19-15(2,3)16(4,5)20-17;1-7-4-8-5-9(11)2-3-10(8)12-6-7;10-8-7(12-9(11)14-13-8)6-4-2-1-3-5-6/h2*2-11H,1H3,(H2,20,22,24);6-10H,1-5H3;2-6H,1H3;1-5H,(H2,11,12,14). The van der Waals surface area contributed by atoms with Gasteiger partial charge < -0.3 is 26.5 Å². The Bertz CT molecular complexity index is 4800. The Morgan fingerprint density at radius 1 is 0.340 bits per heavy atom. The summed E-state index contributed by atoms with van der Waals surface area (Å²) in [6.45, 7) is 16.4. The molecule has 14 aromatic rings. The number of nitrogens with two attached hydrogens (primary N) is 3. The smallest absolute Gasteiger partial charge is 0.399 e. The van der Waals surface area contributed by atoms with Crippen molar-refractivity contribution in [2.75, 3.05) is 17.2 Å². The summed E-state index contributed by atoms with van der Waals surface area (Å²) >= 11 is 6.70. The van der Waals surface area contributed by atoms with Gasteiger partial charge in [-0.15, -0.1) is 30.6 Å². The third-order valence-corrected chi connectivity index (χ3v) is 16.6. The van der Waals surface area contributed by atoms with Crippen molar-refractivity contribution in [2.45, 2.75) is 66.6 Å². The lowest BCUT2D eigenvalue weighted by Crippen LogP contribution is -2.41. The Balaban J connectivity index is 0.000000123. The molecule has 21 heteroatoms. The zero-order valence-electron chi connectivity index (χ0n) is 52.9. The van der Waals surface area contributed by atoms with Crippen LogP contribution < -0.4 is 22.7 Å². The van der Waals surface area contributed by atoms with Crippen LogP contribution in [0.25, 0.3) is 99.9 Å². The van der Waals surface area contributed by atoms with Crippen LogP contribution in [0.5, 0.6) is 0 Å². The fraction of sp³-hybridized carbons (Fsp3) is 0.137. The third kappa shape index (κ3) is 15.7. The molecule has 0 atom stereocenters. The van der Waals surface area contributed by atoms with Crippen LogP contribution in [0.1, 0.15) is 49.9 Å². The number of aromatic nitrogens is 13. The van der Waals surface area contributed by atoms with Crippen molar-refractivity contribution in [3.05, 3.63) is 244 Å². The van der Waals surface area contributed by atoms with Gasteiger partial charge in [-0.25, -0.2) is 15.0 Å². The SMILES string of the molecule is Cc1cnc2ccc(-c3nnc(N)nc3-c3ccccc3)cc2c1.Cc1cnc2ccc(-c3nnc(N)nc3-c3ccccc3)cc2c1.Cc1cnc2ccc(B3OC(C)(C)C(C)(C)O3)cc2c1.Cc1cnc2ccc(Br)cc2c1.Nc1nnc(Br)c(-c2ccccc2)n1. The van der Waals surface area contributed by atoms with Gasteiger partial charge in [-0.3, -0.25) is 19.9 Å². The number of nitrogens with zero attached hydrogens (tertiary/aromatic N) is 13. The molecule has 0 unspecified atom stereocenters. The first-order chi connectivity index (χ1) is 45.2. The summed E-state index contributed by atoms with van der Waals surface area (Å²) in [6, 6.07) is 62.2. The highest BCUT2D eigenvalue weighted by Crippen LogP contribution is 2.37. The van der Waals surface area contributed by atoms with Crippen LogP contribution in [0, 0.1) is 27.7 Å². The molecule has 1 aliphatic rings. The number of aryl methyl sites for hydroxylation is 4. The summed E-state index contributed by atoms with van der Waals surface area (Å²) < 4.78 is 13.9. The molecule has 1 fully saturated rings. The minimum atomic E-state index is -0.315. The van der Waals surface area contributed by atoms with Crippen LogP contribution in [0.4, 0.5) is 17.8 Å². The molecule has 0 saturated carbocycles. The number of benzene rings is 7. The molecule has 15 rings (SSSR count). The minimum Gasteiger partial charge on any atom is -0.399 e. The van der Waals surface area contributed by atoms with E-state index in [1.165, 1.54) is 10.9 Å². The van der Waals surface area contributed by atoms with Crippen molar-refractivity contribution in [1.82, 2.24) is 65.5 Å². The number of anilines is 3. The maximum atomic E-state index is 6.09. The van der Waals surface area contributed by atoms with Crippen molar-refractivity contribution < 1.29 is 9.31 Å². The van der Waals surface area contributed by atoms with E-state index < -0.39 is 0 Å². The van der Waals surface area contributed by atoms with E-state index in [0.717, 1.165) is 104 Å². The van der Waals surface area contributed by atoms with E-state index in [2.05, 4.69) is 174 Å². The lowest BCUT2D eigenvalue weighted by molar-refractivity contribution is 0.00578. The molecule has 94 heavy (non-hydrogen) atoms. The lowest BCUT2D eigenvalue weighted by atomic mass is 9.78. The van der Waals surface area contributed by atoms with Gasteiger partial charge in [-0.2, -0.15) is 0 Å². The molecule has 1 saturated heterocycles. The summed E-state index contributed by atoms with van der Waals surface area (Å²) in [4.78, 5) is 30.5. The number of halogens is 2. The first-order valence-corrected chi connectivity index (χ1v) is 31.6. The number of nitrogen functional groups attached to an aromatic ring is 3. The molecule has 1 aliphatic heterocycles. The summed E-state index contributed by atoms with van der Waals surface area (Å²) in [6.07, 6.45) is 7.50. The fourth-order valence-corrected chi connectivity index (χ4v) is 10.9. The molecule has 18 nitrogen and oxygen atoms in total. The van der Waals surface area contributed by atoms with Crippen LogP contribution in [0.15, 0.2) is 222 Å². The Morgan fingerprint density at radius 3 is 1.10 bits per heavy atom. The molecular weight excluding hydrogens is 1300 g/mol. The highest BCUT2D eigenvalue weighted by molar-refractivity contribution is 9.10. The normalized spacial score (nSPS) is 12.8. The predicted octanol–water partition coefficient (Wildman–Crippen LogP) is 15.3. The molecule has 0 spiro atoms. The number of hydrogen-bond donors (Lipinski definition) is 3. The van der Waals surface area contributed by atoms with E-state index in [9.17, 15) is 0 Å². The van der Waals surface area contributed by atoms with Gasteiger partial charge in [0.1, 0.15) is 28.5 Å². The van der Waals surface area contributed by atoms with Gasteiger partial charge in [0, 0.05) is 78.6 Å². The molecule has 0 amide bonds. The maximum Gasteiger partial charge on any atom is 0.494 e. The van der Waals surface area contributed by atoms with Crippen LogP contribution in [0.2, 0.25) is 0 Å². The Kier molecular flexibility index (Phi) is 19.8. The first kappa shape index (κ1) is 65.1. The van der Waals surface area contributed by atoms with E-state index in [4.69, 9.17) is 26.5 Å². The average Bonchev–Trinajstić information content (AvgIpc) is 1.53. The molecule has 7 aromatic heterocycles. The second-order valence-electron chi connectivity index (χ2n) is 23.4. The van der Waals surface area contributed by atoms with Crippen LogP contribution >= 0.6 is 31.9 Å². The molecule has 0 bridgehead atoms. The van der Waals surface area contributed by atoms with Crippen molar-refractivity contribution in [3.8, 4) is 56.3 Å². The molecule has 466 valence electrons. The highest BCUT2D eigenvalue weighted by Gasteiger charge is 2.51. The molecule has 6 N–H and O–H groups in total. The average molecular weight is 1370 g/mol. The second kappa shape index (κ2) is 28.6. The van der Waals surface area contributed by atoms with Crippen molar-refractivity contribution in [3.63, 3.8) is 0 Å². The fourth-order valence-electron chi connectivity index (χ4n) is 10.1. The molecule has 0 aliphatic carbocycles. The van der Waals surface area contributed by atoms with Gasteiger partial charge in [0.15, 0.2) is 4.60 Å². The van der Waals surface area contributed by atoms with Crippen molar-refractivity contribution in [1.29, 1.82) is 0 Å². The summed E-state index contributed by atoms with van der Waals surface area (Å²) in [5.74, 6) is 0.499. The Labute approximate surface area is 561 Å². The van der Waals surface area contributed by atoms with Gasteiger partial charge in [0.2, 0.25) is 17.8 Å². The lowest BCUT2D eigenvalue weighted by Gasteiger charge is -2.32. The zero-order valence-corrected chi connectivity index (χ0v) is 56.1. The quantitative estimate of drug-likeness (QED) is 0.131.